The minimum Gasteiger partial charge on any atom is -0.508 e. The first kappa shape index (κ1) is 13.6. The number of carbonyl (C=O) groups is 1. The van der Waals surface area contributed by atoms with Gasteiger partial charge in [-0.15, -0.1) is 0 Å². The summed E-state index contributed by atoms with van der Waals surface area (Å²) in [6.07, 6.45) is 7.59. The van der Waals surface area contributed by atoms with Crippen molar-refractivity contribution in [1.29, 1.82) is 0 Å². The van der Waals surface area contributed by atoms with Crippen molar-refractivity contribution in [2.75, 3.05) is 0 Å². The maximum absolute atomic E-state index is 12.0. The molecule has 19 heavy (non-hydrogen) atoms. The third-order valence-electron chi connectivity index (χ3n) is 3.34. The van der Waals surface area contributed by atoms with Gasteiger partial charge in [0.2, 0.25) is 5.91 Å². The van der Waals surface area contributed by atoms with Crippen molar-refractivity contribution in [2.24, 2.45) is 5.73 Å². The van der Waals surface area contributed by atoms with Gasteiger partial charge in [0.15, 0.2) is 0 Å². The first-order valence-corrected chi connectivity index (χ1v) is 6.64. The Morgan fingerprint density at radius 1 is 1.37 bits per heavy atom. The lowest BCUT2D eigenvalue weighted by Crippen LogP contribution is -2.46. The molecular weight excluding hydrogens is 240 g/mol. The Hall–Kier alpha value is -1.81. The maximum atomic E-state index is 12.0. The average molecular weight is 260 g/mol. The molecule has 1 unspecified atom stereocenters. The summed E-state index contributed by atoms with van der Waals surface area (Å²) < 4.78 is 0. The Morgan fingerprint density at radius 3 is 2.74 bits per heavy atom. The highest BCUT2D eigenvalue weighted by molar-refractivity contribution is 5.82. The Balaban J connectivity index is 1.84. The van der Waals surface area contributed by atoms with E-state index in [4.69, 9.17) is 5.73 Å². The first-order valence-electron chi connectivity index (χ1n) is 6.64. The molecule has 1 aliphatic rings. The van der Waals surface area contributed by atoms with Gasteiger partial charge in [-0.3, -0.25) is 4.79 Å². The number of hydrogen-bond donors (Lipinski definition) is 3. The fourth-order valence-electron chi connectivity index (χ4n) is 2.21. The third kappa shape index (κ3) is 4.10. The molecule has 0 aliphatic heterocycles. The van der Waals surface area contributed by atoms with E-state index in [2.05, 4.69) is 17.5 Å². The van der Waals surface area contributed by atoms with Gasteiger partial charge in [0.1, 0.15) is 5.75 Å². The molecular formula is C15H20N2O2. The zero-order chi connectivity index (χ0) is 13.7. The second-order valence-corrected chi connectivity index (χ2v) is 4.97. The van der Waals surface area contributed by atoms with Crippen LogP contribution in [0.15, 0.2) is 36.4 Å². The molecule has 4 nitrogen and oxygen atoms in total. The highest BCUT2D eigenvalue weighted by atomic mass is 16.3. The van der Waals surface area contributed by atoms with Gasteiger partial charge in [0.25, 0.3) is 0 Å². The second kappa shape index (κ2) is 6.38. The Bertz CT molecular complexity index is 454. The van der Waals surface area contributed by atoms with E-state index in [9.17, 15) is 9.90 Å². The van der Waals surface area contributed by atoms with Crippen LogP contribution in [0, 0.1) is 0 Å². The first-order chi connectivity index (χ1) is 9.15. The molecule has 1 amide bonds. The van der Waals surface area contributed by atoms with Crippen LogP contribution < -0.4 is 11.1 Å². The van der Waals surface area contributed by atoms with Crippen LogP contribution in [0.5, 0.6) is 5.75 Å². The highest BCUT2D eigenvalue weighted by Gasteiger charge is 2.18. The lowest BCUT2D eigenvalue weighted by molar-refractivity contribution is -0.123. The number of phenolic OH excluding ortho intramolecular Hbond substituents is 1. The molecule has 0 bridgehead atoms. The van der Waals surface area contributed by atoms with Crippen molar-refractivity contribution >= 4 is 5.91 Å². The SMILES string of the molecule is N[C@H](Cc1ccc(O)cc1)C(=O)NC1CC=CCC1. The molecule has 1 aliphatic carbocycles. The largest absolute Gasteiger partial charge is 0.508 e. The fraction of sp³-hybridized carbons (Fsp3) is 0.400. The van der Waals surface area contributed by atoms with Gasteiger partial charge >= 0.3 is 0 Å². The van der Waals surface area contributed by atoms with Gasteiger partial charge in [-0.2, -0.15) is 0 Å². The Kier molecular flexibility index (Phi) is 4.58. The predicted molar refractivity (Wildman–Crippen MR) is 74.7 cm³/mol. The van der Waals surface area contributed by atoms with Crippen LogP contribution in [0.2, 0.25) is 0 Å². The van der Waals surface area contributed by atoms with Crippen LogP contribution in [0.25, 0.3) is 0 Å². The van der Waals surface area contributed by atoms with E-state index in [0.717, 1.165) is 24.8 Å². The lowest BCUT2D eigenvalue weighted by atomic mass is 10.0. The van der Waals surface area contributed by atoms with E-state index in [1.54, 1.807) is 24.3 Å². The normalized spacial score (nSPS) is 19.9. The number of phenols is 1. The van der Waals surface area contributed by atoms with Crippen molar-refractivity contribution in [3.63, 3.8) is 0 Å². The Labute approximate surface area is 113 Å². The standard InChI is InChI=1S/C15H20N2O2/c16-14(10-11-6-8-13(18)9-7-11)15(19)17-12-4-2-1-3-5-12/h1-2,6-9,12,14,18H,3-5,10,16H2,(H,17,19)/t12?,14-/m1/s1. The number of allylic oxidation sites excluding steroid dienone is 1. The van der Waals surface area contributed by atoms with E-state index < -0.39 is 6.04 Å². The number of benzene rings is 1. The molecule has 0 saturated carbocycles. The number of rotatable bonds is 4. The van der Waals surface area contributed by atoms with Crippen molar-refractivity contribution in [2.45, 2.75) is 37.8 Å². The molecule has 4 heteroatoms. The lowest BCUT2D eigenvalue weighted by Gasteiger charge is -2.21. The number of hydrogen-bond acceptors (Lipinski definition) is 3. The van der Waals surface area contributed by atoms with Crippen LogP contribution in [-0.2, 0) is 11.2 Å². The number of nitrogens with two attached hydrogens (primary N) is 1. The van der Waals surface area contributed by atoms with Gasteiger partial charge < -0.3 is 16.2 Å². The fourth-order valence-corrected chi connectivity index (χ4v) is 2.21. The summed E-state index contributed by atoms with van der Waals surface area (Å²) >= 11 is 0. The minimum absolute atomic E-state index is 0.103. The molecule has 0 heterocycles. The van der Waals surface area contributed by atoms with E-state index in [1.807, 2.05) is 0 Å². The minimum atomic E-state index is -0.546. The number of nitrogens with one attached hydrogen (secondary N) is 1. The van der Waals surface area contributed by atoms with Gasteiger partial charge in [-0.1, -0.05) is 24.3 Å². The maximum Gasteiger partial charge on any atom is 0.237 e. The zero-order valence-electron chi connectivity index (χ0n) is 10.9. The summed E-state index contributed by atoms with van der Waals surface area (Å²) in [6, 6.07) is 6.44. The molecule has 2 rings (SSSR count). The molecule has 1 aromatic rings. The summed E-state index contributed by atoms with van der Waals surface area (Å²) in [4.78, 5) is 12.0. The molecule has 0 radical (unpaired) electrons. The predicted octanol–water partition coefficient (Wildman–Crippen LogP) is 1.49. The van der Waals surface area contributed by atoms with Crippen LogP contribution in [0.1, 0.15) is 24.8 Å². The molecule has 1 aromatic carbocycles. The van der Waals surface area contributed by atoms with E-state index in [-0.39, 0.29) is 17.7 Å². The summed E-state index contributed by atoms with van der Waals surface area (Å²) in [7, 11) is 0. The molecule has 0 fully saturated rings. The second-order valence-electron chi connectivity index (χ2n) is 4.97. The molecule has 0 spiro atoms. The topological polar surface area (TPSA) is 75.3 Å². The van der Waals surface area contributed by atoms with Crippen molar-refractivity contribution in [3.05, 3.63) is 42.0 Å². The number of carbonyl (C=O) groups excluding carboxylic acids is 1. The van der Waals surface area contributed by atoms with Crippen LogP contribution >= 0.6 is 0 Å². The monoisotopic (exact) mass is 260 g/mol. The average Bonchev–Trinajstić information content (AvgIpc) is 2.42. The summed E-state index contributed by atoms with van der Waals surface area (Å²) in [5.41, 5.74) is 6.86. The summed E-state index contributed by atoms with van der Waals surface area (Å²) in [6.45, 7) is 0. The van der Waals surface area contributed by atoms with Crippen LogP contribution in [0.3, 0.4) is 0 Å². The van der Waals surface area contributed by atoms with E-state index in [1.165, 1.54) is 0 Å². The van der Waals surface area contributed by atoms with Crippen molar-refractivity contribution in [1.82, 2.24) is 5.32 Å². The van der Waals surface area contributed by atoms with Crippen LogP contribution in [0.4, 0.5) is 0 Å². The van der Waals surface area contributed by atoms with Gasteiger partial charge in [-0.05, 0) is 43.4 Å². The van der Waals surface area contributed by atoms with Crippen molar-refractivity contribution in [3.8, 4) is 5.75 Å². The van der Waals surface area contributed by atoms with E-state index in [0.29, 0.717) is 6.42 Å². The van der Waals surface area contributed by atoms with Gasteiger partial charge in [-0.25, -0.2) is 0 Å². The van der Waals surface area contributed by atoms with Gasteiger partial charge in [0.05, 0.1) is 6.04 Å². The van der Waals surface area contributed by atoms with E-state index >= 15 is 0 Å². The molecule has 0 saturated heterocycles. The highest BCUT2D eigenvalue weighted by Crippen LogP contribution is 2.12. The third-order valence-corrected chi connectivity index (χ3v) is 3.34. The molecule has 4 N–H and O–H groups in total. The molecule has 2 atom stereocenters. The van der Waals surface area contributed by atoms with Crippen LogP contribution in [-0.4, -0.2) is 23.1 Å². The number of amides is 1. The van der Waals surface area contributed by atoms with Crippen molar-refractivity contribution < 1.29 is 9.90 Å². The van der Waals surface area contributed by atoms with Gasteiger partial charge in [0, 0.05) is 6.04 Å². The number of aromatic hydroxyl groups is 1. The smallest absolute Gasteiger partial charge is 0.237 e. The Morgan fingerprint density at radius 2 is 2.11 bits per heavy atom. The quantitative estimate of drug-likeness (QED) is 0.718. The molecule has 0 aromatic heterocycles. The summed E-state index contributed by atoms with van der Waals surface area (Å²) in [5, 5.41) is 12.2. The zero-order valence-corrected chi connectivity index (χ0v) is 10.9. The summed E-state index contributed by atoms with van der Waals surface area (Å²) in [5.74, 6) is 0.115. The molecule has 102 valence electrons.